The summed E-state index contributed by atoms with van der Waals surface area (Å²) >= 11 is 0. The smallest absolute Gasteiger partial charge is 0.219 e. The van der Waals surface area contributed by atoms with Gasteiger partial charge in [-0.1, -0.05) is 18.2 Å². The van der Waals surface area contributed by atoms with E-state index in [1.165, 1.54) is 5.56 Å². The van der Waals surface area contributed by atoms with E-state index in [1.807, 2.05) is 11.0 Å². The first-order chi connectivity index (χ1) is 7.68. The van der Waals surface area contributed by atoms with Crippen molar-refractivity contribution in [3.05, 3.63) is 29.8 Å². The van der Waals surface area contributed by atoms with Crippen LogP contribution in [0.25, 0.3) is 0 Å². The van der Waals surface area contributed by atoms with E-state index in [9.17, 15) is 4.79 Å². The van der Waals surface area contributed by atoms with Gasteiger partial charge in [-0.3, -0.25) is 4.79 Å². The maximum Gasteiger partial charge on any atom is 0.219 e. The molecular weight excluding hydrogens is 200 g/mol. The SMILES string of the molecule is CC(=O)N1CCC(c2ccccc2[NH3+])CC1. The number of benzene rings is 1. The third-order valence-electron chi connectivity index (χ3n) is 3.44. The van der Waals surface area contributed by atoms with Crippen molar-refractivity contribution in [2.45, 2.75) is 25.7 Å². The number of carbonyl (C=O) groups excluding carboxylic acids is 1. The quantitative estimate of drug-likeness (QED) is 0.760. The van der Waals surface area contributed by atoms with Crippen LogP contribution < -0.4 is 5.73 Å². The average Bonchev–Trinajstić information content (AvgIpc) is 2.30. The van der Waals surface area contributed by atoms with Crippen LogP contribution in [0.15, 0.2) is 24.3 Å². The predicted octanol–water partition coefficient (Wildman–Crippen LogP) is 1.29. The van der Waals surface area contributed by atoms with Gasteiger partial charge >= 0.3 is 0 Å². The molecule has 0 unspecified atom stereocenters. The summed E-state index contributed by atoms with van der Waals surface area (Å²) in [5.41, 5.74) is 6.55. The summed E-state index contributed by atoms with van der Waals surface area (Å²) in [6.07, 6.45) is 2.12. The number of likely N-dealkylation sites (tertiary alicyclic amines) is 1. The minimum Gasteiger partial charge on any atom is -0.343 e. The molecule has 0 aromatic heterocycles. The highest BCUT2D eigenvalue weighted by Crippen LogP contribution is 2.30. The second-order valence-corrected chi connectivity index (χ2v) is 4.48. The standard InChI is InChI=1S/C13H18N2O/c1-10(16)15-8-6-11(7-9-15)12-4-2-3-5-13(12)14/h2-5,11H,6-9,14H2,1H3/p+1. The molecule has 1 aliphatic rings. The van der Waals surface area contributed by atoms with Crippen LogP contribution in [-0.2, 0) is 4.79 Å². The first kappa shape index (κ1) is 11.1. The van der Waals surface area contributed by atoms with E-state index in [-0.39, 0.29) is 5.91 Å². The van der Waals surface area contributed by atoms with Crippen LogP contribution in [0, 0.1) is 0 Å². The second kappa shape index (κ2) is 4.66. The number of piperidine rings is 1. The maximum absolute atomic E-state index is 11.2. The zero-order valence-electron chi connectivity index (χ0n) is 9.78. The Labute approximate surface area is 96.2 Å². The molecule has 0 spiro atoms. The van der Waals surface area contributed by atoms with Crippen molar-refractivity contribution in [2.75, 3.05) is 13.1 Å². The van der Waals surface area contributed by atoms with Gasteiger partial charge in [-0.2, -0.15) is 0 Å². The fourth-order valence-corrected chi connectivity index (χ4v) is 2.44. The molecule has 1 saturated heterocycles. The summed E-state index contributed by atoms with van der Waals surface area (Å²) < 4.78 is 0. The van der Waals surface area contributed by atoms with Crippen molar-refractivity contribution < 1.29 is 10.5 Å². The van der Waals surface area contributed by atoms with Crippen molar-refractivity contribution in [3.63, 3.8) is 0 Å². The third kappa shape index (κ3) is 2.25. The molecule has 3 heteroatoms. The summed E-state index contributed by atoms with van der Waals surface area (Å²) in [7, 11) is 0. The van der Waals surface area contributed by atoms with Crippen molar-refractivity contribution in [2.24, 2.45) is 0 Å². The molecule has 0 bridgehead atoms. The van der Waals surface area contributed by atoms with Gasteiger partial charge in [-0.05, 0) is 24.8 Å². The van der Waals surface area contributed by atoms with Gasteiger partial charge in [0.25, 0.3) is 0 Å². The summed E-state index contributed by atoms with van der Waals surface area (Å²) in [6, 6.07) is 8.32. The lowest BCUT2D eigenvalue weighted by Gasteiger charge is -2.31. The minimum atomic E-state index is 0.196. The molecule has 2 rings (SSSR count). The van der Waals surface area contributed by atoms with E-state index < -0.39 is 0 Å². The Morgan fingerprint density at radius 3 is 2.50 bits per heavy atom. The molecule has 3 N–H and O–H groups in total. The summed E-state index contributed by atoms with van der Waals surface area (Å²) in [5.74, 6) is 0.769. The molecule has 1 heterocycles. The van der Waals surface area contributed by atoms with Gasteiger partial charge < -0.3 is 10.6 Å². The van der Waals surface area contributed by atoms with Gasteiger partial charge in [0.1, 0.15) is 5.69 Å². The molecule has 1 aromatic carbocycles. The van der Waals surface area contributed by atoms with Crippen LogP contribution >= 0.6 is 0 Å². The molecule has 0 atom stereocenters. The Kier molecular flexibility index (Phi) is 3.25. The highest BCUT2D eigenvalue weighted by atomic mass is 16.2. The molecule has 0 radical (unpaired) electrons. The van der Waals surface area contributed by atoms with Crippen LogP contribution in [0.2, 0.25) is 0 Å². The van der Waals surface area contributed by atoms with Gasteiger partial charge in [-0.15, -0.1) is 0 Å². The van der Waals surface area contributed by atoms with Crippen molar-refractivity contribution in [3.8, 4) is 0 Å². The zero-order valence-corrected chi connectivity index (χ0v) is 9.78. The van der Waals surface area contributed by atoms with Crippen LogP contribution in [0.1, 0.15) is 31.2 Å². The number of hydrogen-bond donors (Lipinski definition) is 1. The number of amides is 1. The third-order valence-corrected chi connectivity index (χ3v) is 3.44. The topological polar surface area (TPSA) is 48.0 Å². The Balaban J connectivity index is 2.05. The summed E-state index contributed by atoms with van der Waals surface area (Å²) in [4.78, 5) is 13.2. The summed E-state index contributed by atoms with van der Waals surface area (Å²) in [6.45, 7) is 3.41. The Hall–Kier alpha value is -1.35. The highest BCUT2D eigenvalue weighted by Gasteiger charge is 2.23. The molecule has 1 amide bonds. The largest absolute Gasteiger partial charge is 0.343 e. The lowest BCUT2D eigenvalue weighted by atomic mass is 9.88. The maximum atomic E-state index is 11.2. The molecule has 86 valence electrons. The zero-order chi connectivity index (χ0) is 11.5. The van der Waals surface area contributed by atoms with E-state index >= 15 is 0 Å². The number of quaternary nitrogens is 1. The lowest BCUT2D eigenvalue weighted by molar-refractivity contribution is -0.256. The van der Waals surface area contributed by atoms with Crippen molar-refractivity contribution in [1.29, 1.82) is 0 Å². The van der Waals surface area contributed by atoms with E-state index in [1.54, 1.807) is 6.92 Å². The highest BCUT2D eigenvalue weighted by molar-refractivity contribution is 5.73. The fraction of sp³-hybridized carbons (Fsp3) is 0.462. The molecule has 3 nitrogen and oxygen atoms in total. The molecule has 1 aromatic rings. The van der Waals surface area contributed by atoms with Crippen LogP contribution in [0.3, 0.4) is 0 Å². The Morgan fingerprint density at radius 1 is 1.31 bits per heavy atom. The van der Waals surface area contributed by atoms with Crippen LogP contribution in [-0.4, -0.2) is 23.9 Å². The molecule has 0 saturated carbocycles. The average molecular weight is 219 g/mol. The van der Waals surface area contributed by atoms with Crippen LogP contribution in [0.4, 0.5) is 5.69 Å². The molecule has 0 aliphatic carbocycles. The monoisotopic (exact) mass is 219 g/mol. The first-order valence-corrected chi connectivity index (χ1v) is 5.85. The molecular formula is C13H19N2O+. The fourth-order valence-electron chi connectivity index (χ4n) is 2.44. The van der Waals surface area contributed by atoms with E-state index in [0.29, 0.717) is 5.92 Å². The molecule has 1 fully saturated rings. The van der Waals surface area contributed by atoms with Gasteiger partial charge in [0.2, 0.25) is 5.91 Å². The molecule has 16 heavy (non-hydrogen) atoms. The number of carbonyl (C=O) groups is 1. The van der Waals surface area contributed by atoms with Gasteiger partial charge in [0.15, 0.2) is 0 Å². The predicted molar refractivity (Wildman–Crippen MR) is 63.2 cm³/mol. The van der Waals surface area contributed by atoms with E-state index in [0.717, 1.165) is 31.6 Å². The van der Waals surface area contributed by atoms with E-state index in [2.05, 4.69) is 23.9 Å². The van der Waals surface area contributed by atoms with Crippen molar-refractivity contribution in [1.82, 2.24) is 4.90 Å². The van der Waals surface area contributed by atoms with Crippen LogP contribution in [0.5, 0.6) is 0 Å². The normalized spacial score (nSPS) is 17.5. The first-order valence-electron chi connectivity index (χ1n) is 5.85. The van der Waals surface area contributed by atoms with Gasteiger partial charge in [0.05, 0.1) is 0 Å². The lowest BCUT2D eigenvalue weighted by Crippen LogP contribution is -2.43. The minimum absolute atomic E-state index is 0.196. The molecule has 1 aliphatic heterocycles. The van der Waals surface area contributed by atoms with Gasteiger partial charge in [0, 0.05) is 25.6 Å². The van der Waals surface area contributed by atoms with Crippen molar-refractivity contribution >= 4 is 11.6 Å². The Bertz CT molecular complexity index is 381. The Morgan fingerprint density at radius 2 is 1.94 bits per heavy atom. The number of nitrogens with zero attached hydrogens (tertiary/aromatic N) is 1. The number of hydrogen-bond acceptors (Lipinski definition) is 1. The second-order valence-electron chi connectivity index (χ2n) is 4.48. The number of rotatable bonds is 1. The van der Waals surface area contributed by atoms with Gasteiger partial charge in [-0.25, -0.2) is 0 Å². The van der Waals surface area contributed by atoms with E-state index in [4.69, 9.17) is 0 Å². The summed E-state index contributed by atoms with van der Waals surface area (Å²) in [5, 5.41) is 0.